The molecular weight excluding hydrogens is 585 g/mol. The molecule has 0 aliphatic heterocycles. The summed E-state index contributed by atoms with van der Waals surface area (Å²) in [5.41, 5.74) is 15.1. The maximum atomic E-state index is 12.1. The van der Waals surface area contributed by atoms with Gasteiger partial charge in [-0.25, -0.2) is 0 Å². The van der Waals surface area contributed by atoms with Gasteiger partial charge in [0.15, 0.2) is 0 Å². The molecule has 4 rings (SSSR count). The monoisotopic (exact) mass is 646 g/mol. The molecule has 0 saturated carbocycles. The molecule has 48 heavy (non-hydrogen) atoms. The van der Waals surface area contributed by atoms with Gasteiger partial charge in [-0.1, -0.05) is 132 Å². The Morgan fingerprint density at radius 1 is 0.396 bits per heavy atom. The van der Waals surface area contributed by atoms with E-state index in [4.69, 9.17) is 0 Å². The van der Waals surface area contributed by atoms with Crippen LogP contribution in [0.3, 0.4) is 0 Å². The number of hydrogen-bond acceptors (Lipinski definition) is 2. The molecule has 0 saturated heterocycles. The highest BCUT2D eigenvalue weighted by Crippen LogP contribution is 2.46. The molecule has 2 nitrogen and oxygen atoms in total. The zero-order valence-corrected chi connectivity index (χ0v) is 32.9. The Hall–Kier alpha value is -3.52. The van der Waals surface area contributed by atoms with Crippen molar-refractivity contribution in [2.24, 2.45) is 0 Å². The molecule has 0 aliphatic carbocycles. The van der Waals surface area contributed by atoms with Crippen LogP contribution in [-0.4, -0.2) is 10.2 Å². The van der Waals surface area contributed by atoms with Crippen LogP contribution in [-0.2, 0) is 34.5 Å². The van der Waals surface area contributed by atoms with Gasteiger partial charge >= 0.3 is 0 Å². The molecule has 2 N–H and O–H groups in total. The molecule has 2 heteroatoms. The molecule has 0 bridgehead atoms. The lowest BCUT2D eigenvalue weighted by molar-refractivity contribution is 0.462. The number of phenols is 2. The Balaban J connectivity index is 1.90. The third-order valence-corrected chi connectivity index (χ3v) is 10.3. The van der Waals surface area contributed by atoms with Crippen LogP contribution in [0.2, 0.25) is 0 Å². The molecule has 0 amide bonds. The van der Waals surface area contributed by atoms with Crippen LogP contribution in [0.1, 0.15) is 150 Å². The van der Waals surface area contributed by atoms with E-state index in [1.165, 1.54) is 33.4 Å². The van der Waals surface area contributed by atoms with Crippen molar-refractivity contribution in [1.82, 2.24) is 0 Å². The van der Waals surface area contributed by atoms with Crippen molar-refractivity contribution in [2.75, 3.05) is 0 Å². The van der Waals surface area contributed by atoms with Crippen LogP contribution in [0, 0.1) is 27.7 Å². The average Bonchev–Trinajstić information content (AvgIpc) is 2.94. The van der Waals surface area contributed by atoms with Crippen LogP contribution < -0.4 is 0 Å². The molecule has 0 atom stereocenters. The van der Waals surface area contributed by atoms with E-state index >= 15 is 0 Å². The Labute approximate surface area is 292 Å². The maximum Gasteiger partial charge on any atom is 0.127 e. The summed E-state index contributed by atoms with van der Waals surface area (Å²) in [5.74, 6) is 0.521. The van der Waals surface area contributed by atoms with Gasteiger partial charge in [0, 0.05) is 24.0 Å². The second kappa shape index (κ2) is 12.7. The lowest BCUT2D eigenvalue weighted by atomic mass is 9.78. The van der Waals surface area contributed by atoms with E-state index in [1.54, 1.807) is 0 Å². The standard InChI is InChI=1S/C46H62O2/c1-27-17-33(19-31-21-35(43(5,6)7)25-36(22-31)44(8,9)10)41(47)39(29(27)3)40-30(4)28(2)18-34(42(40)48)20-32-23-37(45(11,12)13)26-38(24-32)46(14,15)16/h17-18,21-26,47-48H,19-20H2,1-16H3. The topological polar surface area (TPSA) is 40.5 Å². The highest BCUT2D eigenvalue weighted by atomic mass is 16.3. The highest BCUT2D eigenvalue weighted by molar-refractivity contribution is 5.84. The Morgan fingerprint density at radius 2 is 0.646 bits per heavy atom. The van der Waals surface area contributed by atoms with Crippen molar-refractivity contribution < 1.29 is 10.2 Å². The average molecular weight is 647 g/mol. The lowest BCUT2D eigenvalue weighted by Gasteiger charge is -2.27. The zero-order valence-electron chi connectivity index (χ0n) is 32.9. The Bertz CT molecular complexity index is 1640. The largest absolute Gasteiger partial charge is 0.507 e. The van der Waals surface area contributed by atoms with E-state index in [1.807, 2.05) is 0 Å². The van der Waals surface area contributed by atoms with E-state index < -0.39 is 0 Å². The fourth-order valence-electron chi connectivity index (χ4n) is 6.59. The third-order valence-electron chi connectivity index (χ3n) is 10.3. The van der Waals surface area contributed by atoms with Gasteiger partial charge in [0.25, 0.3) is 0 Å². The molecule has 0 radical (unpaired) electrons. The van der Waals surface area contributed by atoms with Crippen molar-refractivity contribution in [1.29, 1.82) is 0 Å². The summed E-state index contributed by atoms with van der Waals surface area (Å²) in [5, 5.41) is 24.3. The summed E-state index contributed by atoms with van der Waals surface area (Å²) in [6, 6.07) is 18.1. The Kier molecular flexibility index (Phi) is 9.90. The fourth-order valence-corrected chi connectivity index (χ4v) is 6.59. The minimum atomic E-state index is 0.00726. The van der Waals surface area contributed by atoms with E-state index in [0.717, 1.165) is 44.5 Å². The molecule has 0 heterocycles. The first-order valence-electron chi connectivity index (χ1n) is 17.7. The minimum Gasteiger partial charge on any atom is -0.507 e. The summed E-state index contributed by atoms with van der Waals surface area (Å²) < 4.78 is 0. The number of rotatable bonds is 5. The van der Waals surface area contributed by atoms with Gasteiger partial charge in [0.1, 0.15) is 11.5 Å². The van der Waals surface area contributed by atoms with Crippen molar-refractivity contribution in [3.05, 3.63) is 115 Å². The quantitative estimate of drug-likeness (QED) is 0.226. The van der Waals surface area contributed by atoms with Crippen molar-refractivity contribution in [3.8, 4) is 22.6 Å². The molecule has 0 spiro atoms. The first kappa shape index (κ1) is 37.3. The van der Waals surface area contributed by atoms with Crippen molar-refractivity contribution >= 4 is 0 Å². The smallest absolute Gasteiger partial charge is 0.127 e. The van der Waals surface area contributed by atoms with Crippen LogP contribution in [0.15, 0.2) is 48.5 Å². The molecule has 0 aliphatic rings. The number of phenolic OH excluding ortho intramolecular Hbond substituents is 2. The normalized spacial score (nSPS) is 12.9. The van der Waals surface area contributed by atoms with E-state index in [9.17, 15) is 10.2 Å². The van der Waals surface area contributed by atoms with Gasteiger partial charge in [0.2, 0.25) is 0 Å². The van der Waals surface area contributed by atoms with Crippen molar-refractivity contribution in [2.45, 2.75) is 145 Å². The summed E-state index contributed by atoms with van der Waals surface area (Å²) >= 11 is 0. The van der Waals surface area contributed by atoms with Gasteiger partial charge in [-0.15, -0.1) is 0 Å². The van der Waals surface area contributed by atoms with Gasteiger partial charge in [0.05, 0.1) is 0 Å². The second-order valence-corrected chi connectivity index (χ2v) is 18.6. The van der Waals surface area contributed by atoms with Gasteiger partial charge in [-0.2, -0.15) is 0 Å². The predicted octanol–water partition coefficient (Wildman–Crippen LogP) is 12.4. The third kappa shape index (κ3) is 7.85. The van der Waals surface area contributed by atoms with Gasteiger partial charge in [-0.3, -0.25) is 0 Å². The van der Waals surface area contributed by atoms with Crippen LogP contribution in [0.4, 0.5) is 0 Å². The first-order chi connectivity index (χ1) is 21.8. The minimum absolute atomic E-state index is 0.00726. The highest BCUT2D eigenvalue weighted by Gasteiger charge is 2.26. The van der Waals surface area contributed by atoms with Crippen LogP contribution in [0.5, 0.6) is 11.5 Å². The predicted molar refractivity (Wildman–Crippen MR) is 207 cm³/mol. The van der Waals surface area contributed by atoms with Crippen LogP contribution >= 0.6 is 0 Å². The molecule has 0 aromatic heterocycles. The molecule has 0 unspecified atom stereocenters. The molecule has 4 aromatic carbocycles. The lowest BCUT2D eigenvalue weighted by Crippen LogP contribution is -2.17. The molecule has 0 fully saturated rings. The van der Waals surface area contributed by atoms with E-state index in [0.29, 0.717) is 12.8 Å². The number of aryl methyl sites for hydroxylation is 2. The summed E-state index contributed by atoms with van der Waals surface area (Å²) in [6.45, 7) is 35.5. The van der Waals surface area contributed by atoms with E-state index in [2.05, 4.69) is 159 Å². The fraction of sp³-hybridized carbons (Fsp3) is 0.478. The summed E-state index contributed by atoms with van der Waals surface area (Å²) in [7, 11) is 0. The van der Waals surface area contributed by atoms with E-state index in [-0.39, 0.29) is 33.2 Å². The van der Waals surface area contributed by atoms with Crippen molar-refractivity contribution in [3.63, 3.8) is 0 Å². The van der Waals surface area contributed by atoms with Crippen LogP contribution in [0.25, 0.3) is 11.1 Å². The second-order valence-electron chi connectivity index (χ2n) is 18.6. The molecular formula is C46H62O2. The van der Waals surface area contributed by atoms with Gasteiger partial charge in [-0.05, 0) is 116 Å². The summed E-state index contributed by atoms with van der Waals surface area (Å²) in [6.07, 6.45) is 1.22. The number of hydrogen-bond donors (Lipinski definition) is 2. The van der Waals surface area contributed by atoms with Gasteiger partial charge < -0.3 is 10.2 Å². The SMILES string of the molecule is Cc1cc(Cc2cc(C(C)(C)C)cc(C(C)(C)C)c2)c(O)c(-c2c(C)c(C)cc(Cc3cc(C(C)(C)C)cc(C(C)(C)C)c3)c2O)c1C. The zero-order chi connectivity index (χ0) is 36.3. The first-order valence-corrected chi connectivity index (χ1v) is 17.7. The maximum absolute atomic E-state index is 12.1. The Morgan fingerprint density at radius 3 is 0.875 bits per heavy atom. The summed E-state index contributed by atoms with van der Waals surface area (Å²) in [4.78, 5) is 0. The number of benzene rings is 4. The number of aromatic hydroxyl groups is 2. The molecule has 258 valence electrons. The molecule has 4 aromatic rings.